The molecule has 2 aromatic carbocycles. The van der Waals surface area contributed by atoms with E-state index in [1.165, 1.54) is 5.56 Å². The maximum Gasteiger partial charge on any atom is 0.229 e. The van der Waals surface area contributed by atoms with Crippen LogP contribution in [0.15, 0.2) is 48.5 Å². The van der Waals surface area contributed by atoms with Gasteiger partial charge in [-0.3, -0.25) is 14.4 Å². The predicted molar refractivity (Wildman–Crippen MR) is 162 cm³/mol. The van der Waals surface area contributed by atoms with E-state index < -0.39 is 10.0 Å². The fourth-order valence-corrected chi connectivity index (χ4v) is 5.97. The van der Waals surface area contributed by atoms with E-state index in [4.69, 9.17) is 9.47 Å². The molecule has 222 valence electrons. The molecule has 2 heterocycles. The fourth-order valence-electron chi connectivity index (χ4n) is 5.41. The molecule has 1 amide bonds. The second kappa shape index (κ2) is 15.6. The molecule has 2 aliphatic heterocycles. The first-order chi connectivity index (χ1) is 18.8. The van der Waals surface area contributed by atoms with Crippen LogP contribution in [-0.2, 0) is 26.1 Å². The Morgan fingerprint density at radius 2 is 1.60 bits per heavy atom. The van der Waals surface area contributed by atoms with Gasteiger partial charge in [0.15, 0.2) is 0 Å². The van der Waals surface area contributed by atoms with Crippen molar-refractivity contribution in [1.29, 1.82) is 0 Å². The standard InChI is InChI=1S/C30H43N3O5S.ClH/c1-3-4-17-33(30(34)22-24-15-20-37-21-16-24)27-13-18-32(19-14-27)23-25-5-9-28(10-6-25)38-29-11-7-26(8-12-29)31-39(2,35)36;/h5-12,24,27,31H,3-4,13-23H2,1-2H3;1H. The third-order valence-corrected chi connectivity index (χ3v) is 8.20. The van der Waals surface area contributed by atoms with E-state index in [1.54, 1.807) is 24.3 Å². The average Bonchev–Trinajstić information content (AvgIpc) is 2.92. The van der Waals surface area contributed by atoms with Gasteiger partial charge in [-0.05, 0) is 80.0 Å². The van der Waals surface area contributed by atoms with Gasteiger partial charge in [0, 0.05) is 57.5 Å². The molecule has 1 N–H and O–H groups in total. The SMILES string of the molecule is CCCCN(C(=O)CC1CCOCC1)C1CCN(Cc2ccc(Oc3ccc(NS(C)(=O)=O)cc3)cc2)CC1.Cl. The van der Waals surface area contributed by atoms with Gasteiger partial charge in [-0.15, -0.1) is 12.4 Å². The zero-order valence-electron chi connectivity index (χ0n) is 23.7. The second-order valence-electron chi connectivity index (χ2n) is 10.9. The lowest BCUT2D eigenvalue weighted by atomic mass is 9.94. The van der Waals surface area contributed by atoms with E-state index >= 15 is 0 Å². The Morgan fingerprint density at radius 3 is 2.17 bits per heavy atom. The molecule has 0 saturated carbocycles. The summed E-state index contributed by atoms with van der Waals surface area (Å²) in [5, 5.41) is 0. The highest BCUT2D eigenvalue weighted by Crippen LogP contribution is 2.26. The Hall–Kier alpha value is -2.33. The largest absolute Gasteiger partial charge is 0.457 e. The van der Waals surface area contributed by atoms with Crippen LogP contribution < -0.4 is 9.46 Å². The quantitative estimate of drug-likeness (QED) is 0.340. The molecule has 0 bridgehead atoms. The minimum Gasteiger partial charge on any atom is -0.457 e. The van der Waals surface area contributed by atoms with E-state index in [0.29, 0.717) is 35.7 Å². The maximum atomic E-state index is 13.3. The Balaban J connectivity index is 0.00000441. The number of nitrogens with one attached hydrogen (secondary N) is 1. The van der Waals surface area contributed by atoms with E-state index in [0.717, 1.165) is 89.9 Å². The zero-order chi connectivity index (χ0) is 27.7. The van der Waals surface area contributed by atoms with Crippen molar-refractivity contribution in [2.24, 2.45) is 5.92 Å². The van der Waals surface area contributed by atoms with Gasteiger partial charge < -0.3 is 14.4 Å². The van der Waals surface area contributed by atoms with Crippen molar-refractivity contribution in [1.82, 2.24) is 9.80 Å². The number of amides is 1. The molecule has 0 spiro atoms. The topological polar surface area (TPSA) is 88.2 Å². The number of piperidine rings is 1. The molecule has 4 rings (SSSR count). The molecule has 40 heavy (non-hydrogen) atoms. The summed E-state index contributed by atoms with van der Waals surface area (Å²) in [5.74, 6) is 2.18. The zero-order valence-corrected chi connectivity index (χ0v) is 25.4. The first kappa shape index (κ1) is 32.2. The highest BCUT2D eigenvalue weighted by molar-refractivity contribution is 7.92. The number of nitrogens with zero attached hydrogens (tertiary/aromatic N) is 2. The van der Waals surface area contributed by atoms with Gasteiger partial charge in [-0.1, -0.05) is 25.5 Å². The smallest absolute Gasteiger partial charge is 0.229 e. The summed E-state index contributed by atoms with van der Waals surface area (Å²) >= 11 is 0. The van der Waals surface area contributed by atoms with E-state index in [2.05, 4.69) is 33.6 Å². The first-order valence-electron chi connectivity index (χ1n) is 14.2. The summed E-state index contributed by atoms with van der Waals surface area (Å²) in [6, 6.07) is 15.3. The van der Waals surface area contributed by atoms with E-state index in [1.807, 2.05) is 12.1 Å². The Kier molecular flexibility index (Phi) is 12.6. The van der Waals surface area contributed by atoms with Gasteiger partial charge in [-0.25, -0.2) is 8.42 Å². The van der Waals surface area contributed by atoms with Crippen LogP contribution in [-0.4, -0.2) is 69.3 Å². The van der Waals surface area contributed by atoms with Gasteiger partial charge in [0.25, 0.3) is 0 Å². The molecule has 0 aliphatic carbocycles. The molecule has 2 saturated heterocycles. The Bertz CT molecular complexity index is 1150. The number of unbranched alkanes of at least 4 members (excludes halogenated alkanes) is 1. The van der Waals surface area contributed by atoms with Crippen LogP contribution in [0.4, 0.5) is 5.69 Å². The van der Waals surface area contributed by atoms with Crippen molar-refractivity contribution in [3.63, 3.8) is 0 Å². The molecule has 2 aromatic rings. The number of hydrogen-bond acceptors (Lipinski definition) is 6. The number of sulfonamides is 1. The molecular weight excluding hydrogens is 550 g/mol. The molecule has 2 fully saturated rings. The lowest BCUT2D eigenvalue weighted by molar-refractivity contribution is -0.136. The average molecular weight is 594 g/mol. The van der Waals surface area contributed by atoms with Crippen LogP contribution in [0.5, 0.6) is 11.5 Å². The number of carbonyl (C=O) groups is 1. The molecule has 2 aliphatic rings. The Morgan fingerprint density at radius 1 is 1.00 bits per heavy atom. The predicted octanol–water partition coefficient (Wildman–Crippen LogP) is 5.68. The van der Waals surface area contributed by atoms with Gasteiger partial charge in [0.1, 0.15) is 11.5 Å². The van der Waals surface area contributed by atoms with Gasteiger partial charge in [0.2, 0.25) is 15.9 Å². The third-order valence-electron chi connectivity index (χ3n) is 7.60. The van der Waals surface area contributed by atoms with Crippen LogP contribution in [0.25, 0.3) is 0 Å². The molecular formula is C30H44ClN3O5S. The minimum atomic E-state index is -3.30. The number of halogens is 1. The van der Waals surface area contributed by atoms with Crippen LogP contribution in [0, 0.1) is 5.92 Å². The third kappa shape index (κ3) is 10.3. The molecule has 0 aromatic heterocycles. The highest BCUT2D eigenvalue weighted by atomic mass is 35.5. The molecule has 10 heteroatoms. The van der Waals surface area contributed by atoms with E-state index in [9.17, 15) is 13.2 Å². The molecule has 0 unspecified atom stereocenters. The number of rotatable bonds is 12. The monoisotopic (exact) mass is 593 g/mol. The van der Waals surface area contributed by atoms with Crippen molar-refractivity contribution >= 4 is 34.0 Å². The second-order valence-corrected chi connectivity index (χ2v) is 12.6. The summed E-state index contributed by atoms with van der Waals surface area (Å²) in [6.45, 7) is 7.50. The maximum absolute atomic E-state index is 13.3. The number of anilines is 1. The van der Waals surface area contributed by atoms with E-state index in [-0.39, 0.29) is 12.4 Å². The van der Waals surface area contributed by atoms with Crippen LogP contribution in [0.3, 0.4) is 0 Å². The molecule has 0 radical (unpaired) electrons. The number of hydrogen-bond donors (Lipinski definition) is 1. The normalized spacial score (nSPS) is 17.1. The fraction of sp³-hybridized carbons (Fsp3) is 0.567. The lowest BCUT2D eigenvalue weighted by Crippen LogP contribution is -2.48. The first-order valence-corrected chi connectivity index (χ1v) is 16.1. The minimum absolute atomic E-state index is 0. The van der Waals surface area contributed by atoms with Crippen molar-refractivity contribution in [3.8, 4) is 11.5 Å². The van der Waals surface area contributed by atoms with Gasteiger partial charge >= 0.3 is 0 Å². The summed E-state index contributed by atoms with van der Waals surface area (Å²) in [7, 11) is -3.30. The summed E-state index contributed by atoms with van der Waals surface area (Å²) in [5.41, 5.74) is 1.73. The van der Waals surface area contributed by atoms with Crippen LogP contribution in [0.1, 0.15) is 57.4 Å². The van der Waals surface area contributed by atoms with Crippen molar-refractivity contribution < 1.29 is 22.7 Å². The van der Waals surface area contributed by atoms with Crippen LogP contribution in [0.2, 0.25) is 0 Å². The van der Waals surface area contributed by atoms with Crippen LogP contribution >= 0.6 is 12.4 Å². The van der Waals surface area contributed by atoms with Crippen molar-refractivity contribution in [3.05, 3.63) is 54.1 Å². The lowest BCUT2D eigenvalue weighted by Gasteiger charge is -2.39. The van der Waals surface area contributed by atoms with Gasteiger partial charge in [0.05, 0.1) is 6.26 Å². The number of ether oxygens (including phenoxy) is 2. The molecule has 8 nitrogen and oxygen atoms in total. The van der Waals surface area contributed by atoms with Gasteiger partial charge in [-0.2, -0.15) is 0 Å². The summed E-state index contributed by atoms with van der Waals surface area (Å²) in [6.07, 6.45) is 8.02. The summed E-state index contributed by atoms with van der Waals surface area (Å²) < 4.78 is 36.6. The number of likely N-dealkylation sites (tertiary alicyclic amines) is 1. The Labute approximate surface area is 245 Å². The number of carbonyl (C=O) groups excluding carboxylic acids is 1. The van der Waals surface area contributed by atoms with Crippen molar-refractivity contribution in [2.75, 3.05) is 43.8 Å². The number of benzene rings is 2. The molecule has 0 atom stereocenters. The van der Waals surface area contributed by atoms with Crippen molar-refractivity contribution in [2.45, 2.75) is 64.5 Å². The summed E-state index contributed by atoms with van der Waals surface area (Å²) in [4.78, 5) is 17.9. The highest BCUT2D eigenvalue weighted by Gasteiger charge is 2.29.